The van der Waals surface area contributed by atoms with Gasteiger partial charge in [0.1, 0.15) is 4.88 Å². The molecule has 19 heavy (non-hydrogen) atoms. The molecular formula is C13H19N3OS2. The SMILES string of the molecule is Cc1nc(C)c(C(=O)N2CCC(C)(C(N)=S)CC2)s1. The molecule has 0 atom stereocenters. The highest BCUT2D eigenvalue weighted by Crippen LogP contribution is 2.32. The molecule has 1 saturated heterocycles. The molecule has 1 aliphatic heterocycles. The van der Waals surface area contributed by atoms with Crippen LogP contribution in [0.4, 0.5) is 0 Å². The van der Waals surface area contributed by atoms with Crippen LogP contribution in [0.25, 0.3) is 0 Å². The van der Waals surface area contributed by atoms with E-state index in [0.717, 1.165) is 28.4 Å². The number of piperidine rings is 1. The number of thiazole rings is 1. The van der Waals surface area contributed by atoms with Gasteiger partial charge in [-0.25, -0.2) is 4.98 Å². The van der Waals surface area contributed by atoms with E-state index in [9.17, 15) is 4.79 Å². The molecule has 0 unspecified atom stereocenters. The highest BCUT2D eigenvalue weighted by Gasteiger charge is 2.35. The molecule has 1 aromatic rings. The molecule has 1 aromatic heterocycles. The fourth-order valence-electron chi connectivity index (χ4n) is 2.32. The fraction of sp³-hybridized carbons (Fsp3) is 0.615. The number of hydrogen-bond donors (Lipinski definition) is 1. The molecule has 0 saturated carbocycles. The van der Waals surface area contributed by atoms with Crippen molar-refractivity contribution in [3.05, 3.63) is 15.6 Å². The van der Waals surface area contributed by atoms with Crippen molar-refractivity contribution in [3.8, 4) is 0 Å². The Morgan fingerprint density at radius 3 is 2.42 bits per heavy atom. The minimum atomic E-state index is -0.106. The van der Waals surface area contributed by atoms with E-state index in [1.54, 1.807) is 0 Å². The Bertz CT molecular complexity index is 516. The second-order valence-corrected chi connectivity index (χ2v) is 7.01. The third-order valence-corrected chi connectivity index (χ3v) is 5.40. The van der Waals surface area contributed by atoms with Gasteiger partial charge >= 0.3 is 0 Å². The van der Waals surface area contributed by atoms with Crippen molar-refractivity contribution >= 4 is 34.5 Å². The van der Waals surface area contributed by atoms with Gasteiger partial charge in [0.2, 0.25) is 0 Å². The number of nitrogens with two attached hydrogens (primary N) is 1. The summed E-state index contributed by atoms with van der Waals surface area (Å²) in [6.07, 6.45) is 1.68. The van der Waals surface area contributed by atoms with Gasteiger partial charge in [-0.3, -0.25) is 4.79 Å². The molecule has 6 heteroatoms. The van der Waals surface area contributed by atoms with Crippen molar-refractivity contribution in [3.63, 3.8) is 0 Å². The number of carbonyl (C=O) groups is 1. The van der Waals surface area contributed by atoms with Gasteiger partial charge < -0.3 is 10.6 Å². The maximum Gasteiger partial charge on any atom is 0.265 e. The van der Waals surface area contributed by atoms with Crippen molar-refractivity contribution in [2.24, 2.45) is 11.1 Å². The maximum atomic E-state index is 12.4. The lowest BCUT2D eigenvalue weighted by molar-refractivity contribution is 0.0674. The molecule has 0 aliphatic carbocycles. The van der Waals surface area contributed by atoms with Gasteiger partial charge in [0, 0.05) is 18.5 Å². The Morgan fingerprint density at radius 1 is 1.42 bits per heavy atom. The van der Waals surface area contributed by atoms with E-state index in [-0.39, 0.29) is 11.3 Å². The molecule has 104 valence electrons. The number of aryl methyl sites for hydroxylation is 2. The van der Waals surface area contributed by atoms with Gasteiger partial charge in [-0.2, -0.15) is 0 Å². The molecule has 2 heterocycles. The zero-order chi connectivity index (χ0) is 14.2. The summed E-state index contributed by atoms with van der Waals surface area (Å²) in [5, 5.41) is 0.936. The predicted octanol–water partition coefficient (Wildman–Crippen LogP) is 2.29. The van der Waals surface area contributed by atoms with Crippen LogP contribution >= 0.6 is 23.6 Å². The van der Waals surface area contributed by atoms with Crippen molar-refractivity contribution in [2.45, 2.75) is 33.6 Å². The lowest BCUT2D eigenvalue weighted by atomic mass is 9.80. The molecular weight excluding hydrogens is 278 g/mol. The number of likely N-dealkylation sites (tertiary alicyclic amines) is 1. The topological polar surface area (TPSA) is 59.2 Å². The number of aromatic nitrogens is 1. The maximum absolute atomic E-state index is 12.4. The van der Waals surface area contributed by atoms with Crippen molar-refractivity contribution < 1.29 is 4.79 Å². The molecule has 1 amide bonds. The van der Waals surface area contributed by atoms with E-state index in [1.807, 2.05) is 18.7 Å². The summed E-state index contributed by atoms with van der Waals surface area (Å²) >= 11 is 6.59. The largest absolute Gasteiger partial charge is 0.393 e. The molecule has 0 bridgehead atoms. The number of carbonyl (C=O) groups excluding carboxylic acids is 1. The summed E-state index contributed by atoms with van der Waals surface area (Å²) in [7, 11) is 0. The van der Waals surface area contributed by atoms with Crippen LogP contribution < -0.4 is 5.73 Å². The minimum Gasteiger partial charge on any atom is -0.393 e. The van der Waals surface area contributed by atoms with Crippen LogP contribution in [0.5, 0.6) is 0 Å². The number of amides is 1. The average molecular weight is 297 g/mol. The summed E-state index contributed by atoms with van der Waals surface area (Å²) in [4.78, 5) is 20.0. The third kappa shape index (κ3) is 2.79. The molecule has 0 spiro atoms. The first-order valence-electron chi connectivity index (χ1n) is 6.37. The molecule has 1 aliphatic rings. The van der Waals surface area contributed by atoms with E-state index in [1.165, 1.54) is 11.3 Å². The standard InChI is InChI=1S/C13H19N3OS2/c1-8-10(19-9(2)15-8)11(17)16-6-4-13(3,5-7-16)12(14)18/h4-7H2,1-3H3,(H2,14,18). The van der Waals surface area contributed by atoms with Crippen molar-refractivity contribution in [1.82, 2.24) is 9.88 Å². The van der Waals surface area contributed by atoms with Crippen molar-refractivity contribution in [2.75, 3.05) is 13.1 Å². The molecule has 2 N–H and O–H groups in total. The van der Waals surface area contributed by atoms with E-state index in [4.69, 9.17) is 18.0 Å². The quantitative estimate of drug-likeness (QED) is 0.851. The molecule has 4 nitrogen and oxygen atoms in total. The lowest BCUT2D eigenvalue weighted by Gasteiger charge is -2.38. The smallest absolute Gasteiger partial charge is 0.265 e. The summed E-state index contributed by atoms with van der Waals surface area (Å²) in [5.74, 6) is 0.0908. The van der Waals surface area contributed by atoms with E-state index in [0.29, 0.717) is 18.1 Å². The van der Waals surface area contributed by atoms with Gasteiger partial charge in [-0.05, 0) is 26.7 Å². The fourth-order valence-corrected chi connectivity index (χ4v) is 3.41. The number of thiocarbonyl (C=S) groups is 1. The highest BCUT2D eigenvalue weighted by molar-refractivity contribution is 7.80. The Morgan fingerprint density at radius 2 is 2.00 bits per heavy atom. The molecule has 0 radical (unpaired) electrons. The first kappa shape index (κ1) is 14.4. The summed E-state index contributed by atoms with van der Waals surface area (Å²) < 4.78 is 0. The Balaban J connectivity index is 2.08. The second kappa shape index (κ2) is 5.17. The van der Waals surface area contributed by atoms with Crippen LogP contribution in [0.2, 0.25) is 0 Å². The normalized spacial score (nSPS) is 18.4. The zero-order valence-corrected chi connectivity index (χ0v) is 13.2. The first-order valence-corrected chi connectivity index (χ1v) is 7.59. The van der Waals surface area contributed by atoms with Crippen LogP contribution in [0.15, 0.2) is 0 Å². The lowest BCUT2D eigenvalue weighted by Crippen LogP contribution is -2.46. The number of nitrogens with zero attached hydrogens (tertiary/aromatic N) is 2. The van der Waals surface area contributed by atoms with E-state index in [2.05, 4.69) is 11.9 Å². The third-order valence-electron chi connectivity index (χ3n) is 3.85. The van der Waals surface area contributed by atoms with E-state index < -0.39 is 0 Å². The first-order chi connectivity index (χ1) is 8.83. The molecule has 1 fully saturated rings. The van der Waals surface area contributed by atoms with Crippen LogP contribution in [0, 0.1) is 19.3 Å². The number of rotatable bonds is 2. The summed E-state index contributed by atoms with van der Waals surface area (Å²) in [6.45, 7) is 7.32. The van der Waals surface area contributed by atoms with Crippen LogP contribution in [-0.2, 0) is 0 Å². The Labute approximate surface area is 123 Å². The van der Waals surface area contributed by atoms with E-state index >= 15 is 0 Å². The van der Waals surface area contributed by atoms with Crippen molar-refractivity contribution in [1.29, 1.82) is 0 Å². The van der Waals surface area contributed by atoms with Crippen LogP contribution in [0.3, 0.4) is 0 Å². The van der Waals surface area contributed by atoms with Crippen LogP contribution in [0.1, 0.15) is 40.1 Å². The summed E-state index contributed by atoms with van der Waals surface area (Å²) in [6, 6.07) is 0. The Hall–Kier alpha value is -1.01. The van der Waals surface area contributed by atoms with Gasteiger partial charge in [-0.15, -0.1) is 11.3 Å². The van der Waals surface area contributed by atoms with Gasteiger partial charge in [0.15, 0.2) is 0 Å². The second-order valence-electron chi connectivity index (χ2n) is 5.36. The highest BCUT2D eigenvalue weighted by atomic mass is 32.1. The molecule has 2 rings (SSSR count). The van der Waals surface area contributed by atoms with Gasteiger partial charge in [-0.1, -0.05) is 19.1 Å². The summed E-state index contributed by atoms with van der Waals surface area (Å²) in [5.41, 5.74) is 6.50. The van der Waals surface area contributed by atoms with Crippen LogP contribution in [-0.4, -0.2) is 33.9 Å². The molecule has 0 aromatic carbocycles. The monoisotopic (exact) mass is 297 g/mol. The predicted molar refractivity (Wildman–Crippen MR) is 81.6 cm³/mol. The van der Waals surface area contributed by atoms with Gasteiger partial charge in [0.25, 0.3) is 5.91 Å². The zero-order valence-electron chi connectivity index (χ0n) is 11.5. The Kier molecular flexibility index (Phi) is 3.92. The van der Waals surface area contributed by atoms with Gasteiger partial charge in [0.05, 0.1) is 15.7 Å². The minimum absolute atomic E-state index is 0.0908. The average Bonchev–Trinajstić information content (AvgIpc) is 2.68. The number of hydrogen-bond acceptors (Lipinski definition) is 4.